The van der Waals surface area contributed by atoms with Crippen molar-refractivity contribution in [2.45, 2.75) is 27.7 Å². The highest BCUT2D eigenvalue weighted by Crippen LogP contribution is 2.40. The number of benzene rings is 4. The molecule has 5 nitrogen and oxygen atoms in total. The predicted octanol–water partition coefficient (Wildman–Crippen LogP) is 7.30. The number of ether oxygens (including phenoxy) is 1. The number of rotatable bonds is 5. The molecular formula is C28H27NO4. The van der Waals surface area contributed by atoms with Crippen LogP contribution in [-0.4, -0.2) is 15.3 Å². The number of nitrogens with zero attached hydrogens (tertiary/aromatic N) is 1. The number of hydrogen-bond donors (Lipinski definition) is 3. The third kappa shape index (κ3) is 4.88. The molecule has 4 rings (SSSR count). The van der Waals surface area contributed by atoms with Crippen LogP contribution in [0.25, 0.3) is 0 Å². The number of phenols is 3. The summed E-state index contributed by atoms with van der Waals surface area (Å²) in [4.78, 5) is 1.95. The molecule has 0 aliphatic heterocycles. The minimum atomic E-state index is 0.157. The summed E-state index contributed by atoms with van der Waals surface area (Å²) >= 11 is 0. The molecular weight excluding hydrogens is 414 g/mol. The van der Waals surface area contributed by atoms with E-state index in [0.29, 0.717) is 11.5 Å². The van der Waals surface area contributed by atoms with Gasteiger partial charge in [-0.15, -0.1) is 0 Å². The maximum Gasteiger partial charge on any atom is 0.134 e. The van der Waals surface area contributed by atoms with Crippen molar-refractivity contribution < 1.29 is 20.1 Å². The van der Waals surface area contributed by atoms with Gasteiger partial charge in [0.1, 0.15) is 28.7 Å². The molecule has 0 saturated carbocycles. The number of phenolic OH excluding ortho intramolecular Hbond substituents is 3. The molecule has 168 valence electrons. The van der Waals surface area contributed by atoms with E-state index in [9.17, 15) is 15.3 Å². The lowest BCUT2D eigenvalue weighted by Crippen LogP contribution is -2.10. The Morgan fingerprint density at radius 3 is 1.79 bits per heavy atom. The Labute approximate surface area is 193 Å². The van der Waals surface area contributed by atoms with Crippen molar-refractivity contribution in [3.8, 4) is 28.7 Å². The van der Waals surface area contributed by atoms with E-state index in [1.807, 2.05) is 75.1 Å². The van der Waals surface area contributed by atoms with E-state index in [1.54, 1.807) is 30.3 Å². The van der Waals surface area contributed by atoms with Gasteiger partial charge in [0.2, 0.25) is 0 Å². The van der Waals surface area contributed by atoms with Crippen LogP contribution < -0.4 is 9.64 Å². The molecule has 4 aromatic carbocycles. The van der Waals surface area contributed by atoms with Gasteiger partial charge in [0.15, 0.2) is 0 Å². The lowest BCUT2D eigenvalue weighted by molar-refractivity contribution is 0.450. The van der Waals surface area contributed by atoms with Crippen LogP contribution in [0.3, 0.4) is 0 Å². The van der Waals surface area contributed by atoms with Crippen molar-refractivity contribution in [3.05, 3.63) is 95.1 Å². The highest BCUT2D eigenvalue weighted by molar-refractivity contribution is 5.79. The van der Waals surface area contributed by atoms with Crippen LogP contribution in [0.5, 0.6) is 28.7 Å². The maximum absolute atomic E-state index is 10.2. The Kier molecular flexibility index (Phi) is 5.88. The van der Waals surface area contributed by atoms with Gasteiger partial charge >= 0.3 is 0 Å². The van der Waals surface area contributed by atoms with Crippen LogP contribution in [0, 0.1) is 27.7 Å². The maximum atomic E-state index is 10.2. The Balaban J connectivity index is 1.82. The number of aromatic hydroxyl groups is 3. The van der Waals surface area contributed by atoms with Crippen molar-refractivity contribution in [3.63, 3.8) is 0 Å². The van der Waals surface area contributed by atoms with Gasteiger partial charge in [0.05, 0.1) is 11.4 Å². The first kappa shape index (κ1) is 22.1. The fourth-order valence-electron chi connectivity index (χ4n) is 3.94. The average Bonchev–Trinajstić information content (AvgIpc) is 2.71. The largest absolute Gasteiger partial charge is 0.508 e. The van der Waals surface area contributed by atoms with E-state index in [1.165, 1.54) is 0 Å². The van der Waals surface area contributed by atoms with E-state index in [-0.39, 0.29) is 17.2 Å². The Hall–Kier alpha value is -4.12. The van der Waals surface area contributed by atoms with Crippen LogP contribution in [0.4, 0.5) is 17.1 Å². The van der Waals surface area contributed by atoms with Crippen molar-refractivity contribution in [2.75, 3.05) is 4.90 Å². The molecule has 0 bridgehead atoms. The molecule has 0 aromatic heterocycles. The summed E-state index contributed by atoms with van der Waals surface area (Å²) < 4.78 is 6.12. The molecule has 4 aromatic rings. The second-order valence-corrected chi connectivity index (χ2v) is 8.39. The molecule has 0 aliphatic carbocycles. The van der Waals surface area contributed by atoms with Crippen LogP contribution in [0.2, 0.25) is 0 Å². The molecule has 0 saturated heterocycles. The molecule has 0 unspecified atom stereocenters. The first-order valence-electron chi connectivity index (χ1n) is 10.7. The van der Waals surface area contributed by atoms with E-state index in [2.05, 4.69) is 0 Å². The Bertz CT molecular complexity index is 1240. The normalized spacial score (nSPS) is 10.8. The van der Waals surface area contributed by atoms with Crippen molar-refractivity contribution in [1.29, 1.82) is 0 Å². The summed E-state index contributed by atoms with van der Waals surface area (Å²) in [5.74, 6) is 1.66. The topological polar surface area (TPSA) is 73.2 Å². The highest BCUT2D eigenvalue weighted by Gasteiger charge is 2.16. The third-order valence-corrected chi connectivity index (χ3v) is 5.41. The fraction of sp³-hybridized carbons (Fsp3) is 0.143. The summed E-state index contributed by atoms with van der Waals surface area (Å²) in [5, 5.41) is 30.6. The zero-order chi connectivity index (χ0) is 23.7. The minimum Gasteiger partial charge on any atom is -0.508 e. The summed E-state index contributed by atoms with van der Waals surface area (Å²) in [5.41, 5.74) is 5.81. The Morgan fingerprint density at radius 2 is 1.21 bits per heavy atom. The van der Waals surface area contributed by atoms with Crippen molar-refractivity contribution in [1.82, 2.24) is 0 Å². The Morgan fingerprint density at radius 1 is 0.606 bits per heavy atom. The van der Waals surface area contributed by atoms with Gasteiger partial charge in [-0.1, -0.05) is 6.07 Å². The van der Waals surface area contributed by atoms with Gasteiger partial charge < -0.3 is 25.0 Å². The second kappa shape index (κ2) is 8.79. The minimum absolute atomic E-state index is 0.157. The SMILES string of the molecule is Cc1cc(O)cc(N(c2cc(C)cc(O)c2)c2cccc(Oc3cc(O)c(C)cc3C)c2)c1. The molecule has 0 radical (unpaired) electrons. The lowest BCUT2D eigenvalue weighted by atomic mass is 10.1. The van der Waals surface area contributed by atoms with Crippen LogP contribution in [0.1, 0.15) is 22.3 Å². The second-order valence-electron chi connectivity index (χ2n) is 8.39. The molecule has 0 aliphatic rings. The molecule has 0 spiro atoms. The van der Waals surface area contributed by atoms with Crippen LogP contribution in [0.15, 0.2) is 72.8 Å². The lowest BCUT2D eigenvalue weighted by Gasteiger charge is -2.27. The first-order chi connectivity index (χ1) is 15.7. The van der Waals surface area contributed by atoms with Crippen molar-refractivity contribution >= 4 is 17.1 Å². The number of aryl methyl sites for hydroxylation is 4. The highest BCUT2D eigenvalue weighted by atomic mass is 16.5. The van der Waals surface area contributed by atoms with E-state index >= 15 is 0 Å². The van der Waals surface area contributed by atoms with Crippen LogP contribution in [-0.2, 0) is 0 Å². The van der Waals surface area contributed by atoms with Crippen LogP contribution >= 0.6 is 0 Å². The molecule has 0 heterocycles. The van der Waals surface area contributed by atoms with E-state index in [0.717, 1.165) is 39.3 Å². The summed E-state index contributed by atoms with van der Waals surface area (Å²) in [7, 11) is 0. The van der Waals surface area contributed by atoms with Crippen molar-refractivity contribution in [2.24, 2.45) is 0 Å². The van der Waals surface area contributed by atoms with Gasteiger partial charge in [-0.2, -0.15) is 0 Å². The molecule has 3 N–H and O–H groups in total. The average molecular weight is 442 g/mol. The zero-order valence-corrected chi connectivity index (χ0v) is 19.1. The monoisotopic (exact) mass is 441 g/mol. The van der Waals surface area contributed by atoms with Gasteiger partial charge in [0.25, 0.3) is 0 Å². The summed E-state index contributed by atoms with van der Waals surface area (Å²) in [6.07, 6.45) is 0. The van der Waals surface area contributed by atoms with Gasteiger partial charge in [0, 0.05) is 30.0 Å². The summed E-state index contributed by atoms with van der Waals surface area (Å²) in [6, 6.07) is 21.7. The standard InChI is InChI=1S/C28H27NO4/c1-17-8-22(13-24(30)10-17)29(23-9-18(2)11-25(31)14-23)21-6-5-7-26(15-21)33-28-16-27(32)19(3)12-20(28)4/h5-16,30-32H,1-4H3. The number of anilines is 3. The third-order valence-electron chi connectivity index (χ3n) is 5.41. The molecule has 5 heteroatoms. The molecule has 33 heavy (non-hydrogen) atoms. The molecule has 0 fully saturated rings. The van der Waals surface area contributed by atoms with Gasteiger partial charge in [-0.3, -0.25) is 0 Å². The van der Waals surface area contributed by atoms with Gasteiger partial charge in [-0.25, -0.2) is 0 Å². The quantitative estimate of drug-likeness (QED) is 0.303. The number of hydrogen-bond acceptors (Lipinski definition) is 5. The summed E-state index contributed by atoms with van der Waals surface area (Å²) in [6.45, 7) is 7.62. The molecule has 0 atom stereocenters. The smallest absolute Gasteiger partial charge is 0.134 e. The van der Waals surface area contributed by atoms with E-state index in [4.69, 9.17) is 4.74 Å². The van der Waals surface area contributed by atoms with E-state index < -0.39 is 0 Å². The molecule has 0 amide bonds. The first-order valence-corrected chi connectivity index (χ1v) is 10.7. The van der Waals surface area contributed by atoms with Gasteiger partial charge in [-0.05, 0) is 92.4 Å². The zero-order valence-electron chi connectivity index (χ0n) is 19.1. The predicted molar refractivity (Wildman–Crippen MR) is 132 cm³/mol. The fourth-order valence-corrected chi connectivity index (χ4v) is 3.94.